The minimum Gasteiger partial charge on any atom is -0.497 e. The average molecular weight is 249 g/mol. The van der Waals surface area contributed by atoms with E-state index in [-0.39, 0.29) is 0 Å². The zero-order chi connectivity index (χ0) is 12.3. The van der Waals surface area contributed by atoms with Crippen LogP contribution in [0.2, 0.25) is 0 Å². The van der Waals surface area contributed by atoms with Crippen LogP contribution in [-0.2, 0) is 0 Å². The Kier molecular flexibility index (Phi) is 3.39. The molecule has 0 radical (unpaired) electrons. The van der Waals surface area contributed by atoms with Gasteiger partial charge in [0.25, 0.3) is 0 Å². The van der Waals surface area contributed by atoms with E-state index >= 15 is 0 Å². The molecule has 0 atom stereocenters. The Balaban J connectivity index is 2.51. The topological polar surface area (TPSA) is 48.4 Å². The normalized spacial score (nSPS) is 10.0. The quantitative estimate of drug-likeness (QED) is 0.781. The molecule has 1 aromatic carbocycles. The van der Waals surface area contributed by atoms with Gasteiger partial charge in [0, 0.05) is 11.8 Å². The van der Waals surface area contributed by atoms with Crippen molar-refractivity contribution in [1.82, 2.24) is 4.98 Å². The molecular formula is C12H11NO3S. The van der Waals surface area contributed by atoms with Crippen LogP contribution in [0.15, 0.2) is 24.4 Å². The van der Waals surface area contributed by atoms with Crippen LogP contribution in [0.1, 0.15) is 9.80 Å². The van der Waals surface area contributed by atoms with Crippen molar-refractivity contribution in [2.24, 2.45) is 0 Å². The van der Waals surface area contributed by atoms with Crippen LogP contribution in [0.4, 0.5) is 0 Å². The van der Waals surface area contributed by atoms with Gasteiger partial charge in [0.15, 0.2) is 11.3 Å². The fourth-order valence-corrected chi connectivity index (χ4v) is 2.23. The largest absolute Gasteiger partial charge is 0.497 e. The first-order valence-electron chi connectivity index (χ1n) is 4.92. The number of rotatable bonds is 4. The second kappa shape index (κ2) is 4.97. The lowest BCUT2D eigenvalue weighted by Gasteiger charge is -2.08. The molecule has 2 aromatic rings. The Bertz CT molecular complexity index is 536. The lowest BCUT2D eigenvalue weighted by atomic mass is 10.1. The maximum atomic E-state index is 10.6. The number of hydrogen-bond acceptors (Lipinski definition) is 5. The van der Waals surface area contributed by atoms with E-state index in [1.165, 1.54) is 11.3 Å². The molecule has 0 aliphatic heterocycles. The maximum Gasteiger partial charge on any atom is 0.178 e. The van der Waals surface area contributed by atoms with Gasteiger partial charge >= 0.3 is 0 Å². The van der Waals surface area contributed by atoms with E-state index < -0.39 is 0 Å². The summed E-state index contributed by atoms with van der Waals surface area (Å²) in [4.78, 5) is 15.5. The van der Waals surface area contributed by atoms with Crippen molar-refractivity contribution in [1.29, 1.82) is 0 Å². The first-order valence-corrected chi connectivity index (χ1v) is 5.73. The van der Waals surface area contributed by atoms with Gasteiger partial charge in [-0.2, -0.15) is 0 Å². The van der Waals surface area contributed by atoms with E-state index in [1.54, 1.807) is 20.4 Å². The summed E-state index contributed by atoms with van der Waals surface area (Å²) < 4.78 is 10.4. The van der Waals surface area contributed by atoms with Crippen LogP contribution in [0.25, 0.3) is 10.4 Å². The third-order valence-electron chi connectivity index (χ3n) is 2.30. The van der Waals surface area contributed by atoms with Gasteiger partial charge in [-0.25, -0.2) is 4.98 Å². The molecule has 88 valence electrons. The van der Waals surface area contributed by atoms with Crippen molar-refractivity contribution in [2.75, 3.05) is 14.2 Å². The second-order valence-electron chi connectivity index (χ2n) is 3.25. The van der Waals surface area contributed by atoms with Crippen LogP contribution in [0.3, 0.4) is 0 Å². The molecule has 0 N–H and O–H groups in total. The summed E-state index contributed by atoms with van der Waals surface area (Å²) in [5.74, 6) is 1.47. The zero-order valence-electron chi connectivity index (χ0n) is 9.47. The summed E-state index contributed by atoms with van der Waals surface area (Å²) in [6.07, 6.45) is 2.40. The number of nitrogens with zero attached hydrogens (tertiary/aromatic N) is 1. The van der Waals surface area contributed by atoms with Gasteiger partial charge in [0.1, 0.15) is 11.5 Å². The third kappa shape index (κ3) is 2.29. The van der Waals surface area contributed by atoms with E-state index in [4.69, 9.17) is 9.47 Å². The second-order valence-corrected chi connectivity index (χ2v) is 4.31. The number of aromatic nitrogens is 1. The van der Waals surface area contributed by atoms with Crippen molar-refractivity contribution >= 4 is 17.6 Å². The molecule has 17 heavy (non-hydrogen) atoms. The van der Waals surface area contributed by atoms with E-state index in [1.807, 2.05) is 18.2 Å². The standard InChI is InChI=1S/C12H11NO3S/c1-15-8-3-4-10(16-2)9(5-8)11-6-13-12(7-14)17-11/h3-7H,1-2H3. The zero-order valence-corrected chi connectivity index (χ0v) is 10.3. The summed E-state index contributed by atoms with van der Waals surface area (Å²) in [5, 5.41) is 0.449. The summed E-state index contributed by atoms with van der Waals surface area (Å²) in [6, 6.07) is 5.51. The van der Waals surface area contributed by atoms with E-state index in [9.17, 15) is 4.79 Å². The number of carbonyl (C=O) groups is 1. The van der Waals surface area contributed by atoms with Gasteiger partial charge in [-0.15, -0.1) is 11.3 Å². The Labute approximate surface area is 103 Å². The summed E-state index contributed by atoms with van der Waals surface area (Å²) in [5.41, 5.74) is 0.873. The molecular weight excluding hydrogens is 238 g/mol. The average Bonchev–Trinajstić information content (AvgIpc) is 2.86. The van der Waals surface area contributed by atoms with Crippen molar-refractivity contribution in [3.8, 4) is 21.9 Å². The lowest BCUT2D eigenvalue weighted by molar-refractivity contribution is 0.112. The van der Waals surface area contributed by atoms with E-state index in [2.05, 4.69) is 4.98 Å². The van der Waals surface area contributed by atoms with E-state index in [0.717, 1.165) is 28.2 Å². The van der Waals surface area contributed by atoms with Gasteiger partial charge in [0.05, 0.1) is 19.1 Å². The van der Waals surface area contributed by atoms with Crippen LogP contribution >= 0.6 is 11.3 Å². The molecule has 5 heteroatoms. The molecule has 0 spiro atoms. The Morgan fingerprint density at radius 3 is 2.71 bits per heavy atom. The molecule has 0 saturated carbocycles. The predicted molar refractivity (Wildman–Crippen MR) is 66.0 cm³/mol. The van der Waals surface area contributed by atoms with Crippen molar-refractivity contribution in [3.05, 3.63) is 29.4 Å². The highest BCUT2D eigenvalue weighted by atomic mass is 32.1. The highest BCUT2D eigenvalue weighted by molar-refractivity contribution is 7.16. The molecule has 2 rings (SSSR count). The third-order valence-corrected chi connectivity index (χ3v) is 3.25. The van der Waals surface area contributed by atoms with Crippen LogP contribution in [0.5, 0.6) is 11.5 Å². The van der Waals surface area contributed by atoms with E-state index in [0.29, 0.717) is 5.01 Å². The van der Waals surface area contributed by atoms with Crippen LogP contribution in [0, 0.1) is 0 Å². The first kappa shape index (κ1) is 11.6. The van der Waals surface area contributed by atoms with Gasteiger partial charge in [0.2, 0.25) is 0 Å². The highest BCUT2D eigenvalue weighted by Gasteiger charge is 2.10. The monoisotopic (exact) mass is 249 g/mol. The maximum absolute atomic E-state index is 10.6. The minimum atomic E-state index is 0.449. The molecule has 0 amide bonds. The SMILES string of the molecule is COc1ccc(OC)c(-c2cnc(C=O)s2)c1. The van der Waals surface area contributed by atoms with Crippen molar-refractivity contribution < 1.29 is 14.3 Å². The number of aldehydes is 1. The fourth-order valence-electron chi connectivity index (χ4n) is 1.47. The van der Waals surface area contributed by atoms with Gasteiger partial charge in [-0.05, 0) is 18.2 Å². The molecule has 0 aliphatic rings. The molecule has 4 nitrogen and oxygen atoms in total. The number of hydrogen-bond donors (Lipinski definition) is 0. The number of thiazole rings is 1. The van der Waals surface area contributed by atoms with Crippen LogP contribution < -0.4 is 9.47 Å². The number of methoxy groups -OCH3 is 2. The van der Waals surface area contributed by atoms with Gasteiger partial charge < -0.3 is 9.47 Å². The summed E-state index contributed by atoms with van der Waals surface area (Å²) in [6.45, 7) is 0. The summed E-state index contributed by atoms with van der Waals surface area (Å²) in [7, 11) is 3.21. The molecule has 1 aromatic heterocycles. The first-order chi connectivity index (χ1) is 8.28. The Hall–Kier alpha value is -1.88. The lowest BCUT2D eigenvalue weighted by Crippen LogP contribution is -1.88. The van der Waals surface area contributed by atoms with Crippen molar-refractivity contribution in [2.45, 2.75) is 0 Å². The molecule has 0 bridgehead atoms. The molecule has 0 aliphatic carbocycles. The molecule has 0 unspecified atom stereocenters. The predicted octanol–water partition coefficient (Wildman–Crippen LogP) is 2.64. The number of carbonyl (C=O) groups excluding carboxylic acids is 1. The highest BCUT2D eigenvalue weighted by Crippen LogP contribution is 2.36. The van der Waals surface area contributed by atoms with Gasteiger partial charge in [-0.1, -0.05) is 0 Å². The summed E-state index contributed by atoms with van der Waals surface area (Å²) >= 11 is 1.32. The smallest absolute Gasteiger partial charge is 0.178 e. The minimum absolute atomic E-state index is 0.449. The molecule has 0 saturated heterocycles. The number of benzene rings is 1. The Morgan fingerprint density at radius 1 is 1.29 bits per heavy atom. The molecule has 0 fully saturated rings. The van der Waals surface area contributed by atoms with Crippen LogP contribution in [-0.4, -0.2) is 25.5 Å². The van der Waals surface area contributed by atoms with Gasteiger partial charge in [-0.3, -0.25) is 4.79 Å². The Morgan fingerprint density at radius 2 is 2.12 bits per heavy atom. The number of ether oxygens (including phenoxy) is 2. The fraction of sp³-hybridized carbons (Fsp3) is 0.167. The molecule has 1 heterocycles. The van der Waals surface area contributed by atoms with Crippen molar-refractivity contribution in [3.63, 3.8) is 0 Å².